The normalized spacial score (nSPS) is 19.5. The number of pyridine rings is 1. The molecule has 1 aliphatic heterocycles. The van der Waals surface area contributed by atoms with Gasteiger partial charge in [-0.2, -0.15) is 0 Å². The Kier molecular flexibility index (Phi) is 4.48. The van der Waals surface area contributed by atoms with Gasteiger partial charge in [0.25, 0.3) is 0 Å². The summed E-state index contributed by atoms with van der Waals surface area (Å²) in [7, 11) is -0.520. The van der Waals surface area contributed by atoms with Gasteiger partial charge in [0.15, 0.2) is 0 Å². The van der Waals surface area contributed by atoms with Crippen LogP contribution in [0, 0.1) is 0 Å². The number of aromatic nitrogens is 1. The Morgan fingerprint density at radius 3 is 2.26 bits per heavy atom. The maximum atomic E-state index is 11.8. The van der Waals surface area contributed by atoms with Crippen molar-refractivity contribution in [2.45, 2.75) is 65.3 Å². The highest BCUT2D eigenvalue weighted by Crippen LogP contribution is 2.36. The van der Waals surface area contributed by atoms with Crippen LogP contribution >= 0.6 is 0 Å². The summed E-state index contributed by atoms with van der Waals surface area (Å²) in [5.74, 6) is 0. The van der Waals surface area contributed by atoms with E-state index in [4.69, 9.17) is 14.0 Å². The summed E-state index contributed by atoms with van der Waals surface area (Å²) in [6, 6.07) is 1.78. The second-order valence-electron chi connectivity index (χ2n) is 7.72. The van der Waals surface area contributed by atoms with Gasteiger partial charge in [0.05, 0.1) is 23.1 Å². The van der Waals surface area contributed by atoms with Gasteiger partial charge in [-0.3, -0.25) is 10.3 Å². The fourth-order valence-electron chi connectivity index (χ4n) is 2.06. The number of carbonyl (C=O) groups is 1. The molecule has 0 atom stereocenters. The van der Waals surface area contributed by atoms with Crippen LogP contribution in [0.2, 0.25) is 0 Å². The number of hydrogen-bond donors (Lipinski definition) is 1. The molecule has 7 heteroatoms. The van der Waals surface area contributed by atoms with E-state index in [2.05, 4.69) is 10.3 Å². The maximum Gasteiger partial charge on any atom is 0.496 e. The van der Waals surface area contributed by atoms with Crippen molar-refractivity contribution in [3.63, 3.8) is 0 Å². The van der Waals surface area contributed by atoms with Crippen LogP contribution in [0.25, 0.3) is 0 Å². The van der Waals surface area contributed by atoms with Gasteiger partial charge in [0.1, 0.15) is 5.60 Å². The first-order chi connectivity index (χ1) is 10.4. The molecule has 1 aromatic rings. The molecule has 23 heavy (non-hydrogen) atoms. The summed E-state index contributed by atoms with van der Waals surface area (Å²) in [6.45, 7) is 13.4. The van der Waals surface area contributed by atoms with Crippen LogP contribution < -0.4 is 10.8 Å². The van der Waals surface area contributed by atoms with Gasteiger partial charge in [0, 0.05) is 11.7 Å². The first kappa shape index (κ1) is 17.8. The number of amides is 1. The average Bonchev–Trinajstić information content (AvgIpc) is 2.56. The lowest BCUT2D eigenvalue weighted by Gasteiger charge is -2.32. The Hall–Kier alpha value is -1.60. The van der Waals surface area contributed by atoms with E-state index in [1.54, 1.807) is 18.5 Å². The van der Waals surface area contributed by atoms with E-state index in [0.717, 1.165) is 5.46 Å². The monoisotopic (exact) mass is 320 g/mol. The van der Waals surface area contributed by atoms with E-state index in [1.165, 1.54) is 0 Å². The number of ether oxygens (including phenoxy) is 1. The Morgan fingerprint density at radius 1 is 1.17 bits per heavy atom. The Labute approximate surface area is 138 Å². The van der Waals surface area contributed by atoms with E-state index in [9.17, 15) is 4.79 Å². The number of hydrogen-bond acceptors (Lipinski definition) is 5. The molecule has 126 valence electrons. The van der Waals surface area contributed by atoms with Gasteiger partial charge in [0.2, 0.25) is 0 Å². The van der Waals surface area contributed by atoms with E-state index < -0.39 is 30.0 Å². The first-order valence-corrected chi connectivity index (χ1v) is 7.70. The minimum Gasteiger partial charge on any atom is -0.444 e. The second kappa shape index (κ2) is 5.80. The summed E-state index contributed by atoms with van der Waals surface area (Å²) in [5, 5.41) is 2.67. The molecule has 6 nitrogen and oxygen atoms in total. The minimum atomic E-state index is -0.555. The molecule has 1 saturated heterocycles. The number of nitrogens with zero attached hydrogens (tertiary/aromatic N) is 1. The molecule has 1 N–H and O–H groups in total. The van der Waals surface area contributed by atoms with Gasteiger partial charge in [-0.1, -0.05) is 0 Å². The molecule has 0 saturated carbocycles. The average molecular weight is 320 g/mol. The Balaban J connectivity index is 2.11. The number of rotatable bonds is 2. The standard InChI is InChI=1S/C16H25BN2O4/c1-14(2,3)21-13(20)19-12-8-11(9-18-10-12)17-22-15(4,5)16(6,7)23-17/h8-10H,1-7H3,(H,19,20). The maximum absolute atomic E-state index is 11.8. The molecule has 1 aromatic heterocycles. The molecule has 0 aromatic carbocycles. The molecule has 0 spiro atoms. The molecule has 0 radical (unpaired) electrons. The molecule has 0 aliphatic carbocycles. The Bertz CT molecular complexity index is 580. The molecule has 2 rings (SSSR count). The van der Waals surface area contributed by atoms with Crippen LogP contribution in [0.3, 0.4) is 0 Å². The molecule has 0 bridgehead atoms. The van der Waals surface area contributed by atoms with Crippen molar-refractivity contribution in [1.82, 2.24) is 4.98 Å². The predicted molar refractivity (Wildman–Crippen MR) is 89.8 cm³/mol. The summed E-state index contributed by atoms with van der Waals surface area (Å²) < 4.78 is 17.2. The SMILES string of the molecule is CC(C)(C)OC(=O)Nc1cncc(B2OC(C)(C)C(C)(C)O2)c1. The van der Waals surface area contributed by atoms with Crippen LogP contribution in [0.4, 0.5) is 10.5 Å². The van der Waals surface area contributed by atoms with Crippen molar-refractivity contribution in [3.8, 4) is 0 Å². The van der Waals surface area contributed by atoms with E-state index >= 15 is 0 Å². The van der Waals surface area contributed by atoms with Crippen molar-refractivity contribution in [2.75, 3.05) is 5.32 Å². The minimum absolute atomic E-state index is 0.424. The van der Waals surface area contributed by atoms with E-state index in [1.807, 2.05) is 48.5 Å². The van der Waals surface area contributed by atoms with Gasteiger partial charge >= 0.3 is 13.2 Å². The molecule has 0 unspecified atom stereocenters. The van der Waals surface area contributed by atoms with Crippen molar-refractivity contribution in [3.05, 3.63) is 18.5 Å². The second-order valence-corrected chi connectivity index (χ2v) is 7.72. The molecule has 2 heterocycles. The fourth-order valence-corrected chi connectivity index (χ4v) is 2.06. The molecule has 1 fully saturated rings. The highest BCUT2D eigenvalue weighted by Gasteiger charge is 2.51. The summed E-state index contributed by atoms with van der Waals surface area (Å²) in [4.78, 5) is 16.0. The quantitative estimate of drug-likeness (QED) is 0.849. The lowest BCUT2D eigenvalue weighted by molar-refractivity contribution is 0.00578. The molecule has 1 aliphatic rings. The summed E-state index contributed by atoms with van der Waals surface area (Å²) in [5.41, 5.74) is -0.122. The highest BCUT2D eigenvalue weighted by atomic mass is 16.7. The van der Waals surface area contributed by atoms with Crippen molar-refractivity contribution in [1.29, 1.82) is 0 Å². The van der Waals surface area contributed by atoms with E-state index in [-0.39, 0.29) is 0 Å². The van der Waals surface area contributed by atoms with Crippen LogP contribution in [0.15, 0.2) is 18.5 Å². The number of anilines is 1. The van der Waals surface area contributed by atoms with Gasteiger partial charge in [-0.25, -0.2) is 4.79 Å². The van der Waals surface area contributed by atoms with Crippen LogP contribution in [-0.4, -0.2) is 35.0 Å². The highest BCUT2D eigenvalue weighted by molar-refractivity contribution is 6.62. The summed E-state index contributed by atoms with van der Waals surface area (Å²) >= 11 is 0. The van der Waals surface area contributed by atoms with Gasteiger partial charge in [-0.15, -0.1) is 0 Å². The van der Waals surface area contributed by atoms with Gasteiger partial charge in [-0.05, 0) is 54.5 Å². The fraction of sp³-hybridized carbons (Fsp3) is 0.625. The first-order valence-electron chi connectivity index (χ1n) is 7.70. The smallest absolute Gasteiger partial charge is 0.444 e. The van der Waals surface area contributed by atoms with Crippen molar-refractivity contribution < 1.29 is 18.8 Å². The van der Waals surface area contributed by atoms with Crippen LogP contribution in [0.1, 0.15) is 48.5 Å². The molecule has 1 amide bonds. The zero-order valence-corrected chi connectivity index (χ0v) is 14.9. The molecular formula is C16H25BN2O4. The number of carbonyl (C=O) groups excluding carboxylic acids is 1. The zero-order valence-electron chi connectivity index (χ0n) is 14.9. The van der Waals surface area contributed by atoms with Crippen LogP contribution in [-0.2, 0) is 14.0 Å². The zero-order chi connectivity index (χ0) is 17.5. The van der Waals surface area contributed by atoms with E-state index in [0.29, 0.717) is 5.69 Å². The lowest BCUT2D eigenvalue weighted by atomic mass is 9.80. The number of nitrogens with one attached hydrogen (secondary N) is 1. The predicted octanol–water partition coefficient (Wildman–Crippen LogP) is 2.73. The van der Waals surface area contributed by atoms with Gasteiger partial charge < -0.3 is 14.0 Å². The largest absolute Gasteiger partial charge is 0.496 e. The Morgan fingerprint density at radius 2 is 1.74 bits per heavy atom. The third-order valence-electron chi connectivity index (χ3n) is 3.93. The van der Waals surface area contributed by atoms with Crippen LogP contribution in [0.5, 0.6) is 0 Å². The third-order valence-corrected chi connectivity index (χ3v) is 3.93. The third kappa shape index (κ3) is 4.23. The van der Waals surface area contributed by atoms with Crippen molar-refractivity contribution >= 4 is 24.4 Å². The topological polar surface area (TPSA) is 69.7 Å². The molecular weight excluding hydrogens is 295 g/mol. The lowest BCUT2D eigenvalue weighted by Crippen LogP contribution is -2.41. The summed E-state index contributed by atoms with van der Waals surface area (Å²) in [6.07, 6.45) is 2.70. The van der Waals surface area contributed by atoms with Crippen molar-refractivity contribution in [2.24, 2.45) is 0 Å².